The van der Waals surface area contributed by atoms with Gasteiger partial charge in [0.1, 0.15) is 11.6 Å². The van der Waals surface area contributed by atoms with Crippen molar-refractivity contribution in [3.63, 3.8) is 0 Å². The zero-order chi connectivity index (χ0) is 17.5. The molecule has 1 N–H and O–H groups in total. The molecule has 2 saturated heterocycles. The Morgan fingerprint density at radius 3 is 2.77 bits per heavy atom. The molecule has 0 saturated carbocycles. The number of halogens is 1. The number of benzene rings is 2. The predicted molar refractivity (Wildman–Crippen MR) is 95.3 cm³/mol. The fourth-order valence-electron chi connectivity index (χ4n) is 4.62. The standard InChI is InChI=1S/C21H22FNO3/c22-14-3-1-13(2-4-14)17-9-15-5-7-19(23-15)18(17)11-24-16-6-8-20-21(10-16)26-12-25-20/h1-4,6,8,10,15,17-19,23H,5,7,9,11-12H2/t15-,17-,18-,19+/m0/s1. The lowest BCUT2D eigenvalue weighted by atomic mass is 9.77. The molecule has 0 radical (unpaired) electrons. The first kappa shape index (κ1) is 15.9. The van der Waals surface area contributed by atoms with Crippen molar-refractivity contribution in [1.82, 2.24) is 5.32 Å². The quantitative estimate of drug-likeness (QED) is 0.904. The third-order valence-electron chi connectivity index (χ3n) is 5.93. The zero-order valence-corrected chi connectivity index (χ0v) is 14.5. The Bertz CT molecular complexity index is 794. The Kier molecular flexibility index (Phi) is 3.97. The van der Waals surface area contributed by atoms with E-state index in [1.165, 1.54) is 18.4 Å². The largest absolute Gasteiger partial charge is 0.493 e. The van der Waals surface area contributed by atoms with Crippen molar-refractivity contribution in [2.45, 2.75) is 37.3 Å². The van der Waals surface area contributed by atoms with Gasteiger partial charge in [0, 0.05) is 24.1 Å². The van der Waals surface area contributed by atoms with Crippen molar-refractivity contribution in [2.24, 2.45) is 5.92 Å². The van der Waals surface area contributed by atoms with Gasteiger partial charge in [-0.1, -0.05) is 12.1 Å². The zero-order valence-electron chi connectivity index (χ0n) is 14.5. The summed E-state index contributed by atoms with van der Waals surface area (Å²) in [6.07, 6.45) is 3.47. The summed E-state index contributed by atoms with van der Waals surface area (Å²) in [5.74, 6) is 2.87. The first-order valence-corrected chi connectivity index (χ1v) is 9.30. The number of rotatable bonds is 4. The van der Waals surface area contributed by atoms with E-state index in [-0.39, 0.29) is 12.6 Å². The van der Waals surface area contributed by atoms with Crippen LogP contribution in [0.1, 0.15) is 30.7 Å². The summed E-state index contributed by atoms with van der Waals surface area (Å²) < 4.78 is 30.3. The Labute approximate surface area is 152 Å². The van der Waals surface area contributed by atoms with Crippen molar-refractivity contribution in [3.05, 3.63) is 53.8 Å². The minimum atomic E-state index is -0.182. The van der Waals surface area contributed by atoms with Crippen LogP contribution in [0.25, 0.3) is 0 Å². The molecule has 2 aromatic carbocycles. The number of hydrogen-bond donors (Lipinski definition) is 1. The lowest BCUT2D eigenvalue weighted by Gasteiger charge is -2.38. The van der Waals surface area contributed by atoms with E-state index in [1.807, 2.05) is 30.3 Å². The molecule has 3 heterocycles. The highest BCUT2D eigenvalue weighted by Gasteiger charge is 2.42. The summed E-state index contributed by atoms with van der Waals surface area (Å²) in [4.78, 5) is 0. The van der Waals surface area contributed by atoms with Gasteiger partial charge in [0.25, 0.3) is 0 Å². The lowest BCUT2D eigenvalue weighted by Crippen LogP contribution is -2.46. The highest BCUT2D eigenvalue weighted by molar-refractivity contribution is 5.46. The molecule has 2 bridgehead atoms. The molecule has 136 valence electrons. The summed E-state index contributed by atoms with van der Waals surface area (Å²) in [6, 6.07) is 13.7. The monoisotopic (exact) mass is 355 g/mol. The topological polar surface area (TPSA) is 39.7 Å². The van der Waals surface area contributed by atoms with Gasteiger partial charge in [0.15, 0.2) is 11.5 Å². The highest BCUT2D eigenvalue weighted by Crippen LogP contribution is 2.42. The van der Waals surface area contributed by atoms with Crippen LogP contribution in [0, 0.1) is 11.7 Å². The van der Waals surface area contributed by atoms with Crippen LogP contribution in [0.2, 0.25) is 0 Å². The fraction of sp³-hybridized carbons (Fsp3) is 0.429. The van der Waals surface area contributed by atoms with Gasteiger partial charge in [-0.3, -0.25) is 0 Å². The Morgan fingerprint density at radius 1 is 1.04 bits per heavy atom. The molecule has 2 aromatic rings. The van der Waals surface area contributed by atoms with Crippen LogP contribution in [-0.2, 0) is 0 Å². The average molecular weight is 355 g/mol. The molecular weight excluding hydrogens is 333 g/mol. The summed E-state index contributed by atoms with van der Waals surface area (Å²) in [5.41, 5.74) is 1.21. The lowest BCUT2D eigenvalue weighted by molar-refractivity contribution is 0.158. The number of piperidine rings is 1. The Balaban J connectivity index is 1.35. The van der Waals surface area contributed by atoms with Gasteiger partial charge in [-0.15, -0.1) is 0 Å². The molecule has 0 aliphatic carbocycles. The van der Waals surface area contributed by atoms with Crippen LogP contribution in [-0.4, -0.2) is 25.5 Å². The van der Waals surface area contributed by atoms with Crippen molar-refractivity contribution in [3.8, 4) is 17.2 Å². The maximum absolute atomic E-state index is 13.3. The maximum atomic E-state index is 13.3. The third kappa shape index (κ3) is 2.90. The van der Waals surface area contributed by atoms with Crippen LogP contribution < -0.4 is 19.5 Å². The van der Waals surface area contributed by atoms with Gasteiger partial charge in [-0.25, -0.2) is 4.39 Å². The van der Waals surface area contributed by atoms with E-state index >= 15 is 0 Å². The fourth-order valence-corrected chi connectivity index (χ4v) is 4.62. The minimum absolute atomic E-state index is 0.182. The van der Waals surface area contributed by atoms with Crippen LogP contribution in [0.15, 0.2) is 42.5 Å². The van der Waals surface area contributed by atoms with Crippen molar-refractivity contribution in [1.29, 1.82) is 0 Å². The molecule has 3 aliphatic heterocycles. The van der Waals surface area contributed by atoms with E-state index in [0.29, 0.717) is 30.5 Å². The smallest absolute Gasteiger partial charge is 0.231 e. The first-order valence-electron chi connectivity index (χ1n) is 9.30. The van der Waals surface area contributed by atoms with Gasteiger partial charge >= 0.3 is 0 Å². The number of nitrogens with one attached hydrogen (secondary N) is 1. The van der Waals surface area contributed by atoms with Crippen LogP contribution >= 0.6 is 0 Å². The number of hydrogen-bond acceptors (Lipinski definition) is 4. The second kappa shape index (κ2) is 6.47. The maximum Gasteiger partial charge on any atom is 0.231 e. The van der Waals surface area contributed by atoms with Gasteiger partial charge in [-0.2, -0.15) is 0 Å². The molecule has 0 aromatic heterocycles. The Hall–Kier alpha value is -2.27. The average Bonchev–Trinajstić information content (AvgIpc) is 3.28. The summed E-state index contributed by atoms with van der Waals surface area (Å²) in [5, 5.41) is 3.73. The van der Waals surface area contributed by atoms with Gasteiger partial charge in [0.05, 0.1) is 6.61 Å². The van der Waals surface area contributed by atoms with Gasteiger partial charge in [-0.05, 0) is 55.0 Å². The summed E-state index contributed by atoms with van der Waals surface area (Å²) in [7, 11) is 0. The summed E-state index contributed by atoms with van der Waals surface area (Å²) in [6.45, 7) is 0.896. The van der Waals surface area contributed by atoms with E-state index < -0.39 is 0 Å². The molecule has 26 heavy (non-hydrogen) atoms. The third-order valence-corrected chi connectivity index (χ3v) is 5.93. The van der Waals surface area contributed by atoms with Crippen LogP contribution in [0.4, 0.5) is 4.39 Å². The molecule has 4 nitrogen and oxygen atoms in total. The van der Waals surface area contributed by atoms with E-state index in [0.717, 1.165) is 23.7 Å². The van der Waals surface area contributed by atoms with E-state index in [1.54, 1.807) is 12.1 Å². The molecule has 0 amide bonds. The van der Waals surface area contributed by atoms with E-state index in [9.17, 15) is 4.39 Å². The summed E-state index contributed by atoms with van der Waals surface area (Å²) >= 11 is 0. The van der Waals surface area contributed by atoms with Crippen LogP contribution in [0.5, 0.6) is 17.2 Å². The van der Waals surface area contributed by atoms with Gasteiger partial charge < -0.3 is 19.5 Å². The Morgan fingerprint density at radius 2 is 1.88 bits per heavy atom. The van der Waals surface area contributed by atoms with Crippen molar-refractivity contribution >= 4 is 0 Å². The molecule has 5 heteroatoms. The SMILES string of the molecule is Fc1ccc([C@@H]2C[C@@H]3CC[C@@H](N3)[C@H]2COc2ccc3c(c2)OCO3)cc1. The second-order valence-corrected chi connectivity index (χ2v) is 7.43. The van der Waals surface area contributed by atoms with Crippen LogP contribution in [0.3, 0.4) is 0 Å². The first-order chi connectivity index (χ1) is 12.8. The molecule has 2 fully saturated rings. The molecule has 4 atom stereocenters. The molecule has 0 spiro atoms. The van der Waals surface area contributed by atoms with Crippen molar-refractivity contribution in [2.75, 3.05) is 13.4 Å². The molecular formula is C21H22FNO3. The number of fused-ring (bicyclic) bond motifs is 3. The van der Waals surface area contributed by atoms with Crippen molar-refractivity contribution < 1.29 is 18.6 Å². The normalized spacial score (nSPS) is 29.0. The second-order valence-electron chi connectivity index (χ2n) is 7.43. The number of ether oxygens (including phenoxy) is 3. The molecule has 5 rings (SSSR count). The van der Waals surface area contributed by atoms with E-state index in [2.05, 4.69) is 5.32 Å². The predicted octanol–water partition coefficient (Wildman–Crippen LogP) is 3.86. The molecule has 0 unspecified atom stereocenters. The molecule has 3 aliphatic rings. The highest BCUT2D eigenvalue weighted by atomic mass is 19.1. The van der Waals surface area contributed by atoms with Gasteiger partial charge in [0.2, 0.25) is 6.79 Å². The minimum Gasteiger partial charge on any atom is -0.493 e. The van der Waals surface area contributed by atoms with E-state index in [4.69, 9.17) is 14.2 Å².